The molecule has 0 N–H and O–H groups in total. The van der Waals surface area contributed by atoms with Gasteiger partial charge in [-0.3, -0.25) is 0 Å². The van der Waals surface area contributed by atoms with E-state index < -0.39 is 11.6 Å². The van der Waals surface area contributed by atoms with E-state index in [2.05, 4.69) is 0 Å². The summed E-state index contributed by atoms with van der Waals surface area (Å²) in [5.74, 6) is -1.42. The Kier molecular flexibility index (Phi) is 2.70. The van der Waals surface area contributed by atoms with E-state index >= 15 is 0 Å². The molecule has 0 saturated heterocycles. The van der Waals surface area contributed by atoms with E-state index in [0.29, 0.717) is 0 Å². The number of hydrogen-bond acceptors (Lipinski definition) is 2. The Labute approximate surface area is 75.1 Å². The first-order valence-corrected chi connectivity index (χ1v) is 3.68. The third-order valence-corrected chi connectivity index (χ3v) is 1.79. The predicted molar refractivity (Wildman–Crippen MR) is 44.2 cm³/mol. The fraction of sp³-hybridized carbons (Fsp3) is 0.333. The summed E-state index contributed by atoms with van der Waals surface area (Å²) >= 11 is 0. The fourth-order valence-corrected chi connectivity index (χ4v) is 1.01. The summed E-state index contributed by atoms with van der Waals surface area (Å²) in [5, 5.41) is 0. The summed E-state index contributed by atoms with van der Waals surface area (Å²) in [4.78, 5) is 0. The Morgan fingerprint density at radius 2 is 1.38 bits per heavy atom. The maximum absolute atomic E-state index is 13.2. The van der Waals surface area contributed by atoms with Crippen molar-refractivity contribution in [2.24, 2.45) is 0 Å². The highest BCUT2D eigenvalue weighted by atomic mass is 19.1. The molecule has 72 valence electrons. The molecule has 13 heavy (non-hydrogen) atoms. The molecule has 0 heterocycles. The molecule has 2 nitrogen and oxygen atoms in total. The zero-order chi connectivity index (χ0) is 10.0. The van der Waals surface area contributed by atoms with Crippen LogP contribution in [0.1, 0.15) is 5.56 Å². The van der Waals surface area contributed by atoms with Crippen LogP contribution in [-0.4, -0.2) is 14.2 Å². The van der Waals surface area contributed by atoms with Gasteiger partial charge >= 0.3 is 0 Å². The first kappa shape index (κ1) is 9.77. The highest BCUT2D eigenvalue weighted by Gasteiger charge is 2.15. The largest absolute Gasteiger partial charge is 0.494 e. The topological polar surface area (TPSA) is 18.5 Å². The molecule has 0 spiro atoms. The highest BCUT2D eigenvalue weighted by Crippen LogP contribution is 2.30. The zero-order valence-corrected chi connectivity index (χ0v) is 7.65. The molecule has 0 aromatic heterocycles. The number of benzene rings is 1. The SMILES string of the molecule is COc1cc(OC)c(F)c(C)c1F. The van der Waals surface area contributed by atoms with Crippen molar-refractivity contribution in [1.82, 2.24) is 0 Å². The third-order valence-electron chi connectivity index (χ3n) is 1.79. The van der Waals surface area contributed by atoms with Crippen LogP contribution in [-0.2, 0) is 0 Å². The van der Waals surface area contributed by atoms with Crippen molar-refractivity contribution in [3.8, 4) is 11.5 Å². The highest BCUT2D eigenvalue weighted by molar-refractivity contribution is 5.41. The molecule has 0 bridgehead atoms. The van der Waals surface area contributed by atoms with E-state index in [4.69, 9.17) is 9.47 Å². The molecule has 0 atom stereocenters. The molecule has 1 aromatic rings. The maximum atomic E-state index is 13.2. The number of halogens is 2. The average molecular weight is 188 g/mol. The minimum absolute atomic E-state index is 0.0178. The summed E-state index contributed by atoms with van der Waals surface area (Å²) in [6.45, 7) is 1.33. The Balaban J connectivity index is 3.36. The molecule has 0 aliphatic heterocycles. The van der Waals surface area contributed by atoms with Gasteiger partial charge in [0.1, 0.15) is 0 Å². The van der Waals surface area contributed by atoms with E-state index in [0.717, 1.165) is 0 Å². The predicted octanol–water partition coefficient (Wildman–Crippen LogP) is 2.29. The molecule has 1 rings (SSSR count). The lowest BCUT2D eigenvalue weighted by molar-refractivity contribution is 0.355. The van der Waals surface area contributed by atoms with Crippen LogP contribution in [0, 0.1) is 18.6 Å². The second kappa shape index (κ2) is 3.60. The molecular formula is C9H10F2O2. The number of ether oxygens (including phenoxy) is 2. The van der Waals surface area contributed by atoms with E-state index in [9.17, 15) is 8.78 Å². The third kappa shape index (κ3) is 1.56. The summed E-state index contributed by atoms with van der Waals surface area (Å²) in [7, 11) is 2.63. The molecule has 0 aliphatic rings. The van der Waals surface area contributed by atoms with Crippen molar-refractivity contribution in [3.63, 3.8) is 0 Å². The van der Waals surface area contributed by atoms with Gasteiger partial charge in [0.2, 0.25) is 0 Å². The van der Waals surface area contributed by atoms with Crippen LogP contribution in [0.3, 0.4) is 0 Å². The Bertz CT molecular complexity index is 296. The normalized spacial score (nSPS) is 9.92. The van der Waals surface area contributed by atoms with Gasteiger partial charge in [0.15, 0.2) is 23.1 Å². The Hall–Kier alpha value is -1.32. The van der Waals surface area contributed by atoms with Crippen molar-refractivity contribution in [2.75, 3.05) is 14.2 Å². The molecule has 0 amide bonds. The van der Waals surface area contributed by atoms with Gasteiger partial charge in [0, 0.05) is 11.6 Å². The fourth-order valence-electron chi connectivity index (χ4n) is 1.01. The number of hydrogen-bond donors (Lipinski definition) is 0. The summed E-state index contributed by atoms with van der Waals surface area (Å²) in [6.07, 6.45) is 0. The molecular weight excluding hydrogens is 178 g/mol. The molecule has 0 aliphatic carbocycles. The molecule has 0 radical (unpaired) electrons. The van der Waals surface area contributed by atoms with Crippen molar-refractivity contribution in [2.45, 2.75) is 6.92 Å². The quantitative estimate of drug-likeness (QED) is 0.708. The molecule has 0 fully saturated rings. The van der Waals surface area contributed by atoms with Crippen LogP contribution in [0.2, 0.25) is 0 Å². The van der Waals surface area contributed by atoms with Crippen molar-refractivity contribution >= 4 is 0 Å². The van der Waals surface area contributed by atoms with E-state index in [1.54, 1.807) is 0 Å². The van der Waals surface area contributed by atoms with Gasteiger partial charge in [-0.25, -0.2) is 8.78 Å². The van der Waals surface area contributed by atoms with Crippen LogP contribution < -0.4 is 9.47 Å². The van der Waals surface area contributed by atoms with Gasteiger partial charge in [-0.05, 0) is 6.92 Å². The van der Waals surface area contributed by atoms with Gasteiger partial charge in [0.05, 0.1) is 14.2 Å². The standard InChI is InChI=1S/C9H10F2O2/c1-5-8(10)6(12-2)4-7(13-3)9(5)11/h4H,1-3H3. The van der Waals surface area contributed by atoms with E-state index in [1.807, 2.05) is 0 Å². The molecule has 1 aromatic carbocycles. The second-order valence-corrected chi connectivity index (χ2v) is 2.53. The molecule has 4 heteroatoms. The smallest absolute Gasteiger partial charge is 0.171 e. The molecule has 0 unspecified atom stereocenters. The van der Waals surface area contributed by atoms with Crippen molar-refractivity contribution in [1.29, 1.82) is 0 Å². The summed E-state index contributed by atoms with van der Waals surface area (Å²) in [6, 6.07) is 1.18. The lowest BCUT2D eigenvalue weighted by Gasteiger charge is -2.09. The van der Waals surface area contributed by atoms with Crippen LogP contribution in [0.4, 0.5) is 8.78 Å². The number of rotatable bonds is 2. The minimum atomic E-state index is -0.694. The van der Waals surface area contributed by atoms with Gasteiger partial charge < -0.3 is 9.47 Å². The lowest BCUT2D eigenvalue weighted by Crippen LogP contribution is -1.98. The first-order valence-electron chi connectivity index (χ1n) is 3.68. The van der Waals surface area contributed by atoms with Gasteiger partial charge in [-0.15, -0.1) is 0 Å². The van der Waals surface area contributed by atoms with Crippen LogP contribution in [0.5, 0.6) is 11.5 Å². The monoisotopic (exact) mass is 188 g/mol. The zero-order valence-electron chi connectivity index (χ0n) is 7.65. The maximum Gasteiger partial charge on any atom is 0.171 e. The van der Waals surface area contributed by atoms with Crippen LogP contribution in [0.15, 0.2) is 6.07 Å². The second-order valence-electron chi connectivity index (χ2n) is 2.53. The lowest BCUT2D eigenvalue weighted by atomic mass is 10.2. The average Bonchev–Trinajstić information content (AvgIpc) is 2.15. The summed E-state index contributed by atoms with van der Waals surface area (Å²) < 4.78 is 35.7. The Morgan fingerprint density at radius 1 is 1.00 bits per heavy atom. The van der Waals surface area contributed by atoms with Gasteiger partial charge in [-0.2, -0.15) is 0 Å². The summed E-state index contributed by atoms with van der Waals surface area (Å²) in [5.41, 5.74) is -0.101. The minimum Gasteiger partial charge on any atom is -0.494 e. The van der Waals surface area contributed by atoms with E-state index in [1.165, 1.54) is 27.2 Å². The first-order chi connectivity index (χ1) is 6.11. The van der Waals surface area contributed by atoms with Crippen molar-refractivity contribution in [3.05, 3.63) is 23.3 Å². The van der Waals surface area contributed by atoms with Gasteiger partial charge in [-0.1, -0.05) is 0 Å². The van der Waals surface area contributed by atoms with Gasteiger partial charge in [0.25, 0.3) is 0 Å². The molecule has 0 saturated carbocycles. The van der Waals surface area contributed by atoms with Crippen LogP contribution in [0.25, 0.3) is 0 Å². The Morgan fingerprint density at radius 3 is 1.69 bits per heavy atom. The van der Waals surface area contributed by atoms with Crippen molar-refractivity contribution < 1.29 is 18.3 Å². The van der Waals surface area contributed by atoms with E-state index in [-0.39, 0.29) is 17.1 Å². The number of methoxy groups -OCH3 is 2. The van der Waals surface area contributed by atoms with Crippen LogP contribution >= 0.6 is 0 Å².